The van der Waals surface area contributed by atoms with Crippen LogP contribution >= 0.6 is 0 Å². The minimum atomic E-state index is 0.664. The molecule has 0 spiro atoms. The lowest BCUT2D eigenvalue weighted by molar-refractivity contribution is 0.198. The van der Waals surface area contributed by atoms with Crippen molar-refractivity contribution in [2.75, 3.05) is 26.2 Å². The summed E-state index contributed by atoms with van der Waals surface area (Å²) in [7, 11) is 0. The summed E-state index contributed by atoms with van der Waals surface area (Å²) in [6.45, 7) is 9.05. The van der Waals surface area contributed by atoms with Crippen molar-refractivity contribution in [3.05, 3.63) is 12.2 Å². The van der Waals surface area contributed by atoms with Gasteiger partial charge in [-0.3, -0.25) is 4.90 Å². The summed E-state index contributed by atoms with van der Waals surface area (Å²) >= 11 is 0. The molecule has 12 heavy (non-hydrogen) atoms. The summed E-state index contributed by atoms with van der Waals surface area (Å²) < 4.78 is 0. The van der Waals surface area contributed by atoms with E-state index in [9.17, 15) is 0 Å². The summed E-state index contributed by atoms with van der Waals surface area (Å²) in [6.07, 6.45) is 5.70. The Balaban J connectivity index is 2.40. The van der Waals surface area contributed by atoms with Gasteiger partial charge in [-0.2, -0.15) is 0 Å². The highest BCUT2D eigenvalue weighted by atomic mass is 15.2. The van der Waals surface area contributed by atoms with Gasteiger partial charge in [0.2, 0.25) is 0 Å². The molecule has 0 aliphatic carbocycles. The number of allylic oxidation sites excluding steroid dienone is 1. The zero-order valence-electron chi connectivity index (χ0n) is 8.21. The van der Waals surface area contributed by atoms with Gasteiger partial charge in [-0.25, -0.2) is 0 Å². The number of rotatable bonds is 3. The number of hydrogen-bond donors (Lipinski definition) is 1. The second-order valence-corrected chi connectivity index (χ2v) is 3.29. The van der Waals surface area contributed by atoms with Crippen LogP contribution in [0.5, 0.6) is 0 Å². The largest absolute Gasteiger partial charge is 0.314 e. The average molecular weight is 168 g/mol. The fourth-order valence-electron chi connectivity index (χ4n) is 1.75. The molecule has 0 radical (unpaired) electrons. The van der Waals surface area contributed by atoms with E-state index in [-0.39, 0.29) is 0 Å². The van der Waals surface area contributed by atoms with Crippen LogP contribution in [0.3, 0.4) is 0 Å². The van der Waals surface area contributed by atoms with Crippen molar-refractivity contribution in [1.29, 1.82) is 0 Å². The van der Waals surface area contributed by atoms with E-state index in [1.807, 2.05) is 0 Å². The van der Waals surface area contributed by atoms with Crippen LogP contribution in [-0.4, -0.2) is 37.1 Å². The van der Waals surface area contributed by atoms with Crippen molar-refractivity contribution in [3.63, 3.8) is 0 Å². The molecule has 1 N–H and O–H groups in total. The third-order valence-electron chi connectivity index (χ3n) is 2.45. The highest BCUT2D eigenvalue weighted by molar-refractivity contribution is 4.93. The van der Waals surface area contributed by atoms with Crippen LogP contribution < -0.4 is 5.32 Å². The van der Waals surface area contributed by atoms with Gasteiger partial charge < -0.3 is 5.32 Å². The van der Waals surface area contributed by atoms with E-state index in [1.165, 1.54) is 19.5 Å². The van der Waals surface area contributed by atoms with Crippen LogP contribution in [0.15, 0.2) is 12.2 Å². The summed E-state index contributed by atoms with van der Waals surface area (Å²) in [5.41, 5.74) is 0. The van der Waals surface area contributed by atoms with Crippen LogP contribution in [-0.2, 0) is 0 Å². The van der Waals surface area contributed by atoms with Gasteiger partial charge in [-0.1, -0.05) is 19.1 Å². The molecule has 70 valence electrons. The first-order chi connectivity index (χ1) is 5.88. The minimum Gasteiger partial charge on any atom is -0.314 e. The Morgan fingerprint density at radius 3 is 2.58 bits per heavy atom. The van der Waals surface area contributed by atoms with Crippen molar-refractivity contribution in [1.82, 2.24) is 10.2 Å². The molecular formula is C10H20N2. The van der Waals surface area contributed by atoms with Crippen LogP contribution in [0.4, 0.5) is 0 Å². The summed E-state index contributed by atoms with van der Waals surface area (Å²) in [4.78, 5) is 2.55. The highest BCUT2D eigenvalue weighted by Gasteiger charge is 2.15. The fraction of sp³-hybridized carbons (Fsp3) is 0.800. The molecule has 1 unspecified atom stereocenters. The Kier molecular flexibility index (Phi) is 4.33. The first kappa shape index (κ1) is 9.75. The van der Waals surface area contributed by atoms with E-state index in [4.69, 9.17) is 0 Å². The fourth-order valence-corrected chi connectivity index (χ4v) is 1.75. The van der Waals surface area contributed by atoms with Crippen LogP contribution in [0.2, 0.25) is 0 Å². The first-order valence-corrected chi connectivity index (χ1v) is 4.96. The molecule has 1 heterocycles. The Bertz CT molecular complexity index is 137. The molecule has 0 aromatic rings. The van der Waals surface area contributed by atoms with Gasteiger partial charge in [-0.05, 0) is 13.3 Å². The topological polar surface area (TPSA) is 15.3 Å². The normalized spacial score (nSPS) is 23.2. The van der Waals surface area contributed by atoms with Gasteiger partial charge in [0.15, 0.2) is 0 Å². The molecule has 0 amide bonds. The predicted molar refractivity (Wildman–Crippen MR) is 53.3 cm³/mol. The maximum Gasteiger partial charge on any atom is 0.0276 e. The Labute approximate surface area is 75.6 Å². The lowest BCUT2D eigenvalue weighted by Crippen LogP contribution is -2.47. The number of hydrogen-bond acceptors (Lipinski definition) is 2. The summed E-state index contributed by atoms with van der Waals surface area (Å²) in [5, 5.41) is 3.37. The standard InChI is InChI=1S/C10H20N2/c1-3-5-10(4-2)12-8-6-11-7-9-12/h3,5,10-11H,4,6-9H2,1-2H3/b5-3-. The first-order valence-electron chi connectivity index (χ1n) is 4.96. The molecule has 0 bridgehead atoms. The third-order valence-corrected chi connectivity index (χ3v) is 2.45. The number of piperazine rings is 1. The van der Waals surface area contributed by atoms with Gasteiger partial charge in [-0.15, -0.1) is 0 Å². The van der Waals surface area contributed by atoms with Crippen molar-refractivity contribution in [3.8, 4) is 0 Å². The van der Waals surface area contributed by atoms with Crippen LogP contribution in [0.1, 0.15) is 20.3 Å². The Morgan fingerprint density at radius 2 is 2.08 bits per heavy atom. The third kappa shape index (κ3) is 2.61. The van der Waals surface area contributed by atoms with E-state index in [0.29, 0.717) is 6.04 Å². The number of nitrogens with zero attached hydrogens (tertiary/aromatic N) is 1. The molecule has 0 aromatic carbocycles. The Morgan fingerprint density at radius 1 is 1.42 bits per heavy atom. The maximum absolute atomic E-state index is 3.37. The minimum absolute atomic E-state index is 0.664. The molecule has 1 aliphatic heterocycles. The Hall–Kier alpha value is -0.340. The molecule has 1 rings (SSSR count). The molecule has 0 saturated carbocycles. The van der Waals surface area contributed by atoms with E-state index in [2.05, 4.69) is 36.2 Å². The highest BCUT2D eigenvalue weighted by Crippen LogP contribution is 2.06. The zero-order chi connectivity index (χ0) is 8.81. The lowest BCUT2D eigenvalue weighted by atomic mass is 10.1. The summed E-state index contributed by atoms with van der Waals surface area (Å²) in [5.74, 6) is 0. The molecule has 2 heteroatoms. The molecule has 1 saturated heterocycles. The molecule has 2 nitrogen and oxygen atoms in total. The van der Waals surface area contributed by atoms with Gasteiger partial charge in [0.1, 0.15) is 0 Å². The zero-order valence-corrected chi connectivity index (χ0v) is 8.21. The quantitative estimate of drug-likeness (QED) is 0.638. The van der Waals surface area contributed by atoms with Crippen molar-refractivity contribution < 1.29 is 0 Å². The van der Waals surface area contributed by atoms with Gasteiger partial charge >= 0.3 is 0 Å². The average Bonchev–Trinajstić information content (AvgIpc) is 2.15. The molecule has 0 aromatic heterocycles. The SMILES string of the molecule is C/C=C\C(CC)N1CCNCC1. The van der Waals surface area contributed by atoms with Crippen molar-refractivity contribution in [2.24, 2.45) is 0 Å². The van der Waals surface area contributed by atoms with Gasteiger partial charge in [0.05, 0.1) is 0 Å². The van der Waals surface area contributed by atoms with E-state index < -0.39 is 0 Å². The smallest absolute Gasteiger partial charge is 0.0276 e. The number of nitrogens with one attached hydrogen (secondary N) is 1. The molecule has 1 fully saturated rings. The molecular weight excluding hydrogens is 148 g/mol. The lowest BCUT2D eigenvalue weighted by Gasteiger charge is -2.32. The van der Waals surface area contributed by atoms with Gasteiger partial charge in [0.25, 0.3) is 0 Å². The van der Waals surface area contributed by atoms with E-state index >= 15 is 0 Å². The van der Waals surface area contributed by atoms with Crippen molar-refractivity contribution in [2.45, 2.75) is 26.3 Å². The molecule has 1 atom stereocenters. The predicted octanol–water partition coefficient (Wildman–Crippen LogP) is 1.25. The summed E-state index contributed by atoms with van der Waals surface area (Å²) in [6, 6.07) is 0.664. The second-order valence-electron chi connectivity index (χ2n) is 3.29. The van der Waals surface area contributed by atoms with E-state index in [0.717, 1.165) is 13.1 Å². The van der Waals surface area contributed by atoms with Gasteiger partial charge in [0, 0.05) is 32.2 Å². The molecule has 1 aliphatic rings. The second kappa shape index (κ2) is 5.33. The van der Waals surface area contributed by atoms with Crippen molar-refractivity contribution >= 4 is 0 Å². The monoisotopic (exact) mass is 168 g/mol. The van der Waals surface area contributed by atoms with Crippen LogP contribution in [0, 0.1) is 0 Å². The van der Waals surface area contributed by atoms with Crippen LogP contribution in [0.25, 0.3) is 0 Å². The van der Waals surface area contributed by atoms with E-state index in [1.54, 1.807) is 0 Å². The maximum atomic E-state index is 3.37.